The van der Waals surface area contributed by atoms with Gasteiger partial charge in [0.2, 0.25) is 0 Å². The smallest absolute Gasteiger partial charge is 0.181 e. The van der Waals surface area contributed by atoms with Gasteiger partial charge in [0.15, 0.2) is 14.3 Å². The molecule has 4 aromatic heterocycles. The SMILES string of the molecule is O=P(c1ccccc1)(c1ccccc1)c1sc(-c2sc(-c3sc(P(=O)(c4ccccc4)c4ccccc4)c4ccccc34)c3nccnc23)c2ccccc12. The fraction of sp³-hybridized carbons (Fsp3) is 0. The van der Waals surface area contributed by atoms with Gasteiger partial charge in [0, 0.05) is 55.2 Å². The molecule has 0 aliphatic carbocycles. The lowest BCUT2D eigenvalue weighted by molar-refractivity contribution is 0.592. The predicted molar refractivity (Wildman–Crippen MR) is 238 cm³/mol. The number of hydrogen-bond acceptors (Lipinski definition) is 7. The zero-order valence-corrected chi connectivity index (χ0v) is 33.4. The Morgan fingerprint density at radius 1 is 0.327 bits per heavy atom. The van der Waals surface area contributed by atoms with Gasteiger partial charge in [0.25, 0.3) is 0 Å². The summed E-state index contributed by atoms with van der Waals surface area (Å²) in [5.74, 6) is 0. The zero-order valence-electron chi connectivity index (χ0n) is 29.2. The van der Waals surface area contributed by atoms with Gasteiger partial charge in [-0.15, -0.1) is 34.0 Å². The topological polar surface area (TPSA) is 59.9 Å². The summed E-state index contributed by atoms with van der Waals surface area (Å²) in [5, 5.41) is 7.21. The molecule has 0 N–H and O–H groups in total. The lowest BCUT2D eigenvalue weighted by atomic mass is 10.1. The molecule has 0 aliphatic heterocycles. The van der Waals surface area contributed by atoms with Gasteiger partial charge in [0.05, 0.1) is 28.7 Å². The Morgan fingerprint density at radius 2 is 0.618 bits per heavy atom. The van der Waals surface area contributed by atoms with Crippen LogP contribution in [0.4, 0.5) is 0 Å². The first kappa shape index (κ1) is 34.2. The number of rotatable bonds is 8. The van der Waals surface area contributed by atoms with E-state index in [1.165, 1.54) is 0 Å². The molecule has 55 heavy (non-hydrogen) atoms. The van der Waals surface area contributed by atoms with Crippen LogP contribution in [0.5, 0.6) is 0 Å². The van der Waals surface area contributed by atoms with Crippen molar-refractivity contribution >= 4 is 111 Å². The van der Waals surface area contributed by atoms with Crippen molar-refractivity contribution in [2.75, 3.05) is 0 Å². The van der Waals surface area contributed by atoms with Gasteiger partial charge in [-0.1, -0.05) is 170 Å². The van der Waals surface area contributed by atoms with E-state index >= 15 is 9.13 Å². The molecule has 10 rings (SSSR count). The molecule has 4 heterocycles. The van der Waals surface area contributed by atoms with Crippen LogP contribution in [-0.2, 0) is 9.13 Å². The van der Waals surface area contributed by atoms with Crippen molar-refractivity contribution in [3.63, 3.8) is 0 Å². The molecule has 0 unspecified atom stereocenters. The third-order valence-electron chi connectivity index (χ3n) is 10.00. The van der Waals surface area contributed by atoms with Crippen LogP contribution in [-0.4, -0.2) is 9.97 Å². The molecule has 0 saturated heterocycles. The summed E-state index contributed by atoms with van der Waals surface area (Å²) in [5.41, 5.74) is 1.59. The predicted octanol–water partition coefficient (Wildman–Crippen LogP) is 10.7. The van der Waals surface area contributed by atoms with E-state index in [2.05, 4.69) is 24.3 Å². The highest BCUT2D eigenvalue weighted by Crippen LogP contribution is 2.55. The molecule has 0 radical (unpaired) electrons. The second kappa shape index (κ2) is 13.8. The summed E-state index contributed by atoms with van der Waals surface area (Å²) < 4.78 is 33.3. The minimum absolute atomic E-state index is 0.795. The first-order valence-corrected chi connectivity index (χ1v) is 23.6. The second-order valence-electron chi connectivity index (χ2n) is 13.1. The first-order valence-electron chi connectivity index (χ1n) is 17.8. The van der Waals surface area contributed by atoms with Crippen molar-refractivity contribution in [3.05, 3.63) is 182 Å². The lowest BCUT2D eigenvalue weighted by Crippen LogP contribution is -2.23. The Kier molecular flexibility index (Phi) is 8.59. The molecule has 10 aromatic rings. The minimum Gasteiger partial charge on any atom is -0.308 e. The van der Waals surface area contributed by atoms with Gasteiger partial charge < -0.3 is 9.13 Å². The van der Waals surface area contributed by atoms with E-state index < -0.39 is 14.3 Å². The molecule has 0 fully saturated rings. The molecule has 9 heteroatoms. The number of benzene rings is 6. The van der Waals surface area contributed by atoms with E-state index in [0.717, 1.165) is 82.5 Å². The highest BCUT2D eigenvalue weighted by atomic mass is 32.1. The monoisotopic (exact) mass is 800 g/mol. The van der Waals surface area contributed by atoms with Crippen LogP contribution >= 0.6 is 48.3 Å². The summed E-state index contributed by atoms with van der Waals surface area (Å²) in [7, 11) is -6.56. The molecule has 0 saturated carbocycles. The molecule has 0 bridgehead atoms. The molecule has 4 nitrogen and oxygen atoms in total. The van der Waals surface area contributed by atoms with Crippen LogP contribution in [0.2, 0.25) is 0 Å². The largest absolute Gasteiger partial charge is 0.308 e. The molecular weight excluding hydrogens is 771 g/mol. The van der Waals surface area contributed by atoms with Gasteiger partial charge in [-0.05, 0) is 0 Å². The average molecular weight is 801 g/mol. The van der Waals surface area contributed by atoms with Crippen molar-refractivity contribution in [2.24, 2.45) is 0 Å². The van der Waals surface area contributed by atoms with Crippen LogP contribution in [0.15, 0.2) is 182 Å². The third-order valence-corrected chi connectivity index (χ3v) is 21.4. The van der Waals surface area contributed by atoms with Crippen LogP contribution in [0.25, 0.3) is 52.1 Å². The fourth-order valence-electron chi connectivity index (χ4n) is 7.45. The summed E-state index contributed by atoms with van der Waals surface area (Å²) in [6, 6.07) is 56.0. The summed E-state index contributed by atoms with van der Waals surface area (Å²) in [6.45, 7) is 0. The van der Waals surface area contributed by atoms with Gasteiger partial charge in [-0.25, -0.2) is 0 Å². The third kappa shape index (κ3) is 5.45. The Balaban J connectivity index is 1.23. The highest BCUT2D eigenvalue weighted by Gasteiger charge is 2.37. The summed E-state index contributed by atoms with van der Waals surface area (Å²) in [4.78, 5) is 13.9. The van der Waals surface area contributed by atoms with Gasteiger partial charge in [0.1, 0.15) is 11.0 Å². The maximum Gasteiger partial charge on any atom is 0.181 e. The average Bonchev–Trinajstić information content (AvgIpc) is 3.97. The Hall–Kier alpha value is -5.26. The van der Waals surface area contributed by atoms with Crippen molar-refractivity contribution in [1.29, 1.82) is 0 Å². The second-order valence-corrected chi connectivity index (χ2v) is 22.2. The van der Waals surface area contributed by atoms with Gasteiger partial charge in [-0.2, -0.15) is 0 Å². The molecule has 6 aromatic carbocycles. The maximum atomic E-state index is 15.8. The standard InChI is InChI=1S/C46H30N2O2P2S3/c49-51(31-17-5-1-6-18-31,32-19-7-2-8-20-32)45-37-27-15-13-25-35(37)41(54-45)43-39-40(48-30-29-47-39)44(53-43)42-36-26-14-16-28-38(36)46(55-42)52(50,33-21-9-3-10-22-33)34-23-11-4-12-24-34/h1-30H. The number of nitrogens with zero attached hydrogens (tertiary/aromatic N) is 2. The van der Waals surface area contributed by atoms with E-state index in [0.29, 0.717) is 0 Å². The molecular formula is C46H30N2O2P2S3. The number of thiophene rings is 3. The van der Waals surface area contributed by atoms with Gasteiger partial charge in [-0.3, -0.25) is 9.97 Å². The lowest BCUT2D eigenvalue weighted by Gasteiger charge is -2.18. The summed E-state index contributed by atoms with van der Waals surface area (Å²) in [6.07, 6.45) is 3.49. The molecule has 0 spiro atoms. The van der Waals surface area contributed by atoms with E-state index in [1.807, 2.05) is 146 Å². The molecule has 264 valence electrons. The maximum absolute atomic E-state index is 15.8. The molecule has 0 atom stereocenters. The van der Waals surface area contributed by atoms with E-state index in [4.69, 9.17) is 9.97 Å². The van der Waals surface area contributed by atoms with Gasteiger partial charge >= 0.3 is 0 Å². The minimum atomic E-state index is -3.28. The quantitative estimate of drug-likeness (QED) is 0.144. The molecule has 0 aliphatic rings. The first-order chi connectivity index (χ1) is 27.1. The fourth-order valence-corrected chi connectivity index (χ4v) is 18.8. The zero-order chi connectivity index (χ0) is 37.0. The number of fused-ring (bicyclic) bond motifs is 3. The van der Waals surface area contributed by atoms with Crippen LogP contribution in [0, 0.1) is 0 Å². The van der Waals surface area contributed by atoms with Crippen molar-refractivity contribution in [3.8, 4) is 19.5 Å². The normalized spacial score (nSPS) is 12.1. The number of aromatic nitrogens is 2. The van der Waals surface area contributed by atoms with E-state index in [-0.39, 0.29) is 0 Å². The molecule has 0 amide bonds. The Labute approximate surface area is 330 Å². The van der Waals surface area contributed by atoms with Crippen LogP contribution in [0.1, 0.15) is 0 Å². The summed E-state index contributed by atoms with van der Waals surface area (Å²) >= 11 is 4.84. The number of hydrogen-bond donors (Lipinski definition) is 0. The van der Waals surface area contributed by atoms with E-state index in [9.17, 15) is 0 Å². The highest BCUT2D eigenvalue weighted by molar-refractivity contribution is 7.90. The van der Waals surface area contributed by atoms with Crippen LogP contribution < -0.4 is 30.5 Å². The van der Waals surface area contributed by atoms with Crippen LogP contribution in [0.3, 0.4) is 0 Å². The van der Waals surface area contributed by atoms with Crippen molar-refractivity contribution in [2.45, 2.75) is 0 Å². The Bertz CT molecular complexity index is 2810. The van der Waals surface area contributed by atoms with Crippen molar-refractivity contribution in [1.82, 2.24) is 9.97 Å². The Morgan fingerprint density at radius 3 is 0.945 bits per heavy atom. The van der Waals surface area contributed by atoms with E-state index in [1.54, 1.807) is 46.4 Å². The van der Waals surface area contributed by atoms with Crippen molar-refractivity contribution < 1.29 is 9.13 Å².